The molecule has 2 fully saturated rings. The van der Waals surface area contributed by atoms with Gasteiger partial charge in [0.05, 0.1) is 6.61 Å². The highest BCUT2D eigenvalue weighted by atomic mass is 19.4. The minimum absolute atomic E-state index is 0.0332. The number of nitrogens with zero attached hydrogens (tertiary/aromatic N) is 2. The second-order valence-corrected chi connectivity index (χ2v) is 6.59. The van der Waals surface area contributed by atoms with Gasteiger partial charge in [0.1, 0.15) is 5.75 Å². The highest BCUT2D eigenvalue weighted by Gasteiger charge is 2.32. The first kappa shape index (κ1) is 19.0. The third-order valence-electron chi connectivity index (χ3n) is 4.90. The fourth-order valence-electron chi connectivity index (χ4n) is 3.48. The summed E-state index contributed by atoms with van der Waals surface area (Å²) in [6.07, 6.45) is -3.31. The van der Waals surface area contributed by atoms with E-state index in [1.165, 1.54) is 12.1 Å². The fraction of sp³-hybridized carbons (Fsp3) is 0.611. The average molecular weight is 372 g/mol. The Morgan fingerprint density at radius 2 is 1.92 bits per heavy atom. The van der Waals surface area contributed by atoms with Gasteiger partial charge in [-0.05, 0) is 24.5 Å². The predicted molar refractivity (Wildman–Crippen MR) is 88.8 cm³/mol. The number of halogens is 3. The molecule has 26 heavy (non-hydrogen) atoms. The highest BCUT2D eigenvalue weighted by Crippen LogP contribution is 2.27. The second kappa shape index (κ2) is 8.26. The summed E-state index contributed by atoms with van der Waals surface area (Å²) < 4.78 is 46.8. The summed E-state index contributed by atoms with van der Waals surface area (Å²) in [6.45, 7) is 4.47. The van der Waals surface area contributed by atoms with Gasteiger partial charge in [-0.25, -0.2) is 0 Å². The van der Waals surface area contributed by atoms with E-state index in [9.17, 15) is 18.0 Å². The number of hydrogen-bond donors (Lipinski definition) is 0. The van der Waals surface area contributed by atoms with Crippen molar-refractivity contribution < 1.29 is 27.4 Å². The first-order valence-corrected chi connectivity index (χ1v) is 8.85. The predicted octanol–water partition coefficient (Wildman–Crippen LogP) is 2.45. The number of piperazine rings is 1. The molecule has 0 aliphatic carbocycles. The van der Waals surface area contributed by atoms with Crippen LogP contribution >= 0.6 is 0 Å². The third-order valence-corrected chi connectivity index (χ3v) is 4.90. The molecule has 2 aliphatic heterocycles. The van der Waals surface area contributed by atoms with Gasteiger partial charge in [0.15, 0.2) is 0 Å². The molecular weight excluding hydrogens is 349 g/mol. The first-order valence-electron chi connectivity index (χ1n) is 8.85. The molecule has 5 nitrogen and oxygen atoms in total. The van der Waals surface area contributed by atoms with E-state index in [-0.39, 0.29) is 24.5 Å². The Kier molecular flexibility index (Phi) is 6.03. The van der Waals surface area contributed by atoms with E-state index in [1.807, 2.05) is 0 Å². The van der Waals surface area contributed by atoms with Crippen LogP contribution in [0.15, 0.2) is 24.3 Å². The van der Waals surface area contributed by atoms with E-state index in [0.717, 1.165) is 32.7 Å². The van der Waals surface area contributed by atoms with Crippen LogP contribution in [-0.2, 0) is 16.0 Å². The molecule has 0 radical (unpaired) electrons. The van der Waals surface area contributed by atoms with Crippen LogP contribution in [0.3, 0.4) is 0 Å². The summed E-state index contributed by atoms with van der Waals surface area (Å²) in [5, 5.41) is 0. The summed E-state index contributed by atoms with van der Waals surface area (Å²) in [5.74, 6) is -0.270. The molecule has 3 rings (SSSR count). The molecule has 1 aromatic rings. The van der Waals surface area contributed by atoms with Crippen molar-refractivity contribution in [2.45, 2.75) is 31.7 Å². The van der Waals surface area contributed by atoms with E-state index in [2.05, 4.69) is 9.64 Å². The van der Waals surface area contributed by atoms with Crippen LogP contribution in [0.1, 0.15) is 18.4 Å². The van der Waals surface area contributed by atoms with E-state index >= 15 is 0 Å². The molecule has 1 aromatic carbocycles. The topological polar surface area (TPSA) is 42.0 Å². The molecule has 2 saturated heterocycles. The highest BCUT2D eigenvalue weighted by molar-refractivity contribution is 5.76. The second-order valence-electron chi connectivity index (χ2n) is 6.59. The Hall–Kier alpha value is -1.80. The molecule has 1 amide bonds. The lowest BCUT2D eigenvalue weighted by molar-refractivity contribution is -0.274. The Balaban J connectivity index is 1.49. The van der Waals surface area contributed by atoms with Gasteiger partial charge in [-0.1, -0.05) is 18.2 Å². The number of aryl methyl sites for hydroxylation is 1. The number of ether oxygens (including phenoxy) is 2. The van der Waals surface area contributed by atoms with Crippen molar-refractivity contribution in [1.29, 1.82) is 0 Å². The molecule has 8 heteroatoms. The number of hydrogen-bond acceptors (Lipinski definition) is 4. The lowest BCUT2D eigenvalue weighted by atomic mass is 10.1. The molecule has 144 valence electrons. The number of benzene rings is 1. The Morgan fingerprint density at radius 1 is 1.19 bits per heavy atom. The minimum Gasteiger partial charge on any atom is -0.406 e. The van der Waals surface area contributed by atoms with Crippen molar-refractivity contribution in [3.05, 3.63) is 29.8 Å². The van der Waals surface area contributed by atoms with Crippen LogP contribution in [0.2, 0.25) is 0 Å². The van der Waals surface area contributed by atoms with E-state index < -0.39 is 6.36 Å². The summed E-state index contributed by atoms with van der Waals surface area (Å²) in [6, 6.07) is 6.41. The number of alkyl halides is 3. The van der Waals surface area contributed by atoms with Gasteiger partial charge in [0.2, 0.25) is 5.91 Å². The molecule has 0 aromatic heterocycles. The number of amides is 1. The summed E-state index contributed by atoms with van der Waals surface area (Å²) in [5.41, 5.74) is 0.389. The number of carbonyl (C=O) groups excluding carboxylic acids is 1. The lowest BCUT2D eigenvalue weighted by Gasteiger charge is -2.37. The zero-order valence-electron chi connectivity index (χ0n) is 14.5. The Morgan fingerprint density at radius 3 is 2.58 bits per heavy atom. The van der Waals surface area contributed by atoms with Gasteiger partial charge < -0.3 is 14.4 Å². The van der Waals surface area contributed by atoms with Gasteiger partial charge in [-0.15, -0.1) is 13.2 Å². The van der Waals surface area contributed by atoms with Crippen LogP contribution in [0.25, 0.3) is 0 Å². The standard InChI is InChI=1S/C18H23F3N2O3/c19-18(20,21)26-16-4-2-1-3-14(16)5-6-17(24)23-10-8-22(9-11-23)15-7-12-25-13-15/h1-4,15H,5-13H2. The van der Waals surface area contributed by atoms with Gasteiger partial charge in [-0.2, -0.15) is 0 Å². The summed E-state index contributed by atoms with van der Waals surface area (Å²) >= 11 is 0. The lowest BCUT2D eigenvalue weighted by Crippen LogP contribution is -2.52. The normalized spacial score (nSPS) is 21.8. The Labute approximate surface area is 150 Å². The van der Waals surface area contributed by atoms with Crippen LogP contribution < -0.4 is 4.74 Å². The molecule has 0 bridgehead atoms. The molecule has 2 aliphatic rings. The maximum Gasteiger partial charge on any atom is 0.573 e. The molecular formula is C18H23F3N2O3. The zero-order chi connectivity index (χ0) is 18.6. The fourth-order valence-corrected chi connectivity index (χ4v) is 3.48. The third kappa shape index (κ3) is 5.11. The largest absolute Gasteiger partial charge is 0.573 e. The SMILES string of the molecule is O=C(CCc1ccccc1OC(F)(F)F)N1CCN(C2CCOC2)CC1. The average Bonchev–Trinajstić information content (AvgIpc) is 3.14. The molecule has 1 unspecified atom stereocenters. The van der Waals surface area contributed by atoms with Crippen molar-refractivity contribution in [2.75, 3.05) is 39.4 Å². The molecule has 2 heterocycles. The maximum atomic E-state index is 12.5. The van der Waals surface area contributed by atoms with Crippen molar-refractivity contribution >= 4 is 5.91 Å². The van der Waals surface area contributed by atoms with Gasteiger partial charge in [0, 0.05) is 45.2 Å². The molecule has 0 N–H and O–H groups in total. The van der Waals surface area contributed by atoms with Crippen LogP contribution in [0.4, 0.5) is 13.2 Å². The Bertz CT molecular complexity index is 610. The van der Waals surface area contributed by atoms with Crippen molar-refractivity contribution in [3.63, 3.8) is 0 Å². The van der Waals surface area contributed by atoms with Crippen LogP contribution in [0.5, 0.6) is 5.75 Å². The monoisotopic (exact) mass is 372 g/mol. The minimum atomic E-state index is -4.74. The summed E-state index contributed by atoms with van der Waals surface area (Å²) in [4.78, 5) is 16.6. The number of rotatable bonds is 5. The quantitative estimate of drug-likeness (QED) is 0.796. The first-order chi connectivity index (χ1) is 12.4. The van der Waals surface area contributed by atoms with Crippen molar-refractivity contribution in [1.82, 2.24) is 9.80 Å². The van der Waals surface area contributed by atoms with Gasteiger partial charge >= 0.3 is 6.36 Å². The maximum absolute atomic E-state index is 12.5. The number of para-hydroxylation sites is 1. The van der Waals surface area contributed by atoms with Gasteiger partial charge in [-0.3, -0.25) is 9.69 Å². The number of carbonyl (C=O) groups is 1. The molecule has 1 atom stereocenters. The van der Waals surface area contributed by atoms with E-state index in [1.54, 1.807) is 17.0 Å². The van der Waals surface area contributed by atoms with Gasteiger partial charge in [0.25, 0.3) is 0 Å². The molecule has 0 spiro atoms. The zero-order valence-corrected chi connectivity index (χ0v) is 14.5. The van der Waals surface area contributed by atoms with E-state index in [4.69, 9.17) is 4.74 Å². The summed E-state index contributed by atoms with van der Waals surface area (Å²) in [7, 11) is 0. The van der Waals surface area contributed by atoms with E-state index in [0.29, 0.717) is 24.7 Å². The van der Waals surface area contributed by atoms with Crippen molar-refractivity contribution in [2.24, 2.45) is 0 Å². The van der Waals surface area contributed by atoms with Crippen LogP contribution in [-0.4, -0.2) is 67.5 Å². The van der Waals surface area contributed by atoms with Crippen LogP contribution in [0, 0.1) is 0 Å². The smallest absolute Gasteiger partial charge is 0.406 e. The molecule has 0 saturated carbocycles. The van der Waals surface area contributed by atoms with Crippen molar-refractivity contribution in [3.8, 4) is 5.75 Å².